The van der Waals surface area contributed by atoms with E-state index in [1.54, 1.807) is 11.3 Å². The normalized spacial score (nSPS) is 10.9. The Bertz CT molecular complexity index is 722. The summed E-state index contributed by atoms with van der Waals surface area (Å²) in [5.41, 5.74) is 7.93. The minimum absolute atomic E-state index is 0.458. The van der Waals surface area contributed by atoms with E-state index in [1.807, 2.05) is 24.3 Å². The van der Waals surface area contributed by atoms with Crippen LogP contribution in [0.25, 0.3) is 11.1 Å². The molecule has 2 heterocycles. The molecule has 0 saturated heterocycles. The lowest BCUT2D eigenvalue weighted by atomic mass is 10.0. The first-order valence-corrected chi connectivity index (χ1v) is 8.43. The molecule has 0 spiro atoms. The molecule has 0 aliphatic rings. The van der Waals surface area contributed by atoms with Crippen molar-refractivity contribution in [2.24, 2.45) is 0 Å². The Morgan fingerprint density at radius 2 is 2.10 bits per heavy atom. The van der Waals surface area contributed by atoms with Crippen molar-refractivity contribution in [2.75, 3.05) is 5.73 Å². The van der Waals surface area contributed by atoms with Gasteiger partial charge in [-0.1, -0.05) is 39.3 Å². The number of nitrogens with two attached hydrogens (primary N) is 1. The molecule has 0 aliphatic heterocycles. The lowest BCUT2D eigenvalue weighted by molar-refractivity contribution is 0.384. The van der Waals surface area contributed by atoms with Crippen LogP contribution in [-0.2, 0) is 12.8 Å². The number of hydrogen-bond donors (Lipinski definition) is 1. The van der Waals surface area contributed by atoms with Crippen molar-refractivity contribution in [3.8, 4) is 11.1 Å². The molecule has 0 fully saturated rings. The molecule has 5 heteroatoms. The third-order valence-corrected chi connectivity index (χ3v) is 4.74. The van der Waals surface area contributed by atoms with Crippen LogP contribution in [0, 0.1) is 0 Å². The summed E-state index contributed by atoms with van der Waals surface area (Å²) < 4.78 is 6.44. The summed E-state index contributed by atoms with van der Waals surface area (Å²) in [6.45, 7) is 0. The van der Waals surface area contributed by atoms with E-state index < -0.39 is 0 Å². The smallest absolute Gasteiger partial charge is 0.175 e. The highest BCUT2D eigenvalue weighted by Crippen LogP contribution is 2.32. The lowest BCUT2D eigenvalue weighted by Crippen LogP contribution is -1.92. The largest absolute Gasteiger partial charge is 0.380 e. The Labute approximate surface area is 135 Å². The van der Waals surface area contributed by atoms with E-state index in [4.69, 9.17) is 10.3 Å². The van der Waals surface area contributed by atoms with Crippen LogP contribution in [-0.4, -0.2) is 5.16 Å². The Balaban J connectivity index is 1.77. The highest BCUT2D eigenvalue weighted by molar-refractivity contribution is 9.10. The fraction of sp³-hybridized carbons (Fsp3) is 0.188. The van der Waals surface area contributed by atoms with Gasteiger partial charge >= 0.3 is 0 Å². The van der Waals surface area contributed by atoms with E-state index in [1.165, 1.54) is 4.88 Å². The zero-order valence-corrected chi connectivity index (χ0v) is 13.8. The van der Waals surface area contributed by atoms with Gasteiger partial charge in [-0.2, -0.15) is 0 Å². The van der Waals surface area contributed by atoms with Crippen LogP contribution in [0.1, 0.15) is 17.1 Å². The minimum Gasteiger partial charge on any atom is -0.380 e. The van der Waals surface area contributed by atoms with Crippen molar-refractivity contribution in [2.45, 2.75) is 19.3 Å². The average Bonchev–Trinajstić information content (AvgIpc) is 3.09. The van der Waals surface area contributed by atoms with Gasteiger partial charge in [0.25, 0.3) is 0 Å². The number of aromatic nitrogens is 1. The van der Waals surface area contributed by atoms with E-state index >= 15 is 0 Å². The van der Waals surface area contributed by atoms with Crippen molar-refractivity contribution in [1.82, 2.24) is 5.16 Å². The van der Waals surface area contributed by atoms with Gasteiger partial charge in [-0.25, -0.2) is 0 Å². The van der Waals surface area contributed by atoms with Gasteiger partial charge in [0.15, 0.2) is 5.82 Å². The Hall–Kier alpha value is -1.59. The second-order valence-electron chi connectivity index (χ2n) is 4.81. The van der Waals surface area contributed by atoms with Crippen molar-refractivity contribution >= 4 is 33.1 Å². The molecule has 3 nitrogen and oxygen atoms in total. The molecule has 2 aromatic heterocycles. The van der Waals surface area contributed by atoms with E-state index in [-0.39, 0.29) is 0 Å². The molecule has 3 rings (SSSR count). The van der Waals surface area contributed by atoms with Gasteiger partial charge in [0.1, 0.15) is 5.76 Å². The zero-order valence-electron chi connectivity index (χ0n) is 11.4. The summed E-state index contributed by atoms with van der Waals surface area (Å²) in [5, 5.41) is 6.03. The van der Waals surface area contributed by atoms with E-state index in [0.717, 1.165) is 40.6 Å². The lowest BCUT2D eigenvalue weighted by Gasteiger charge is -2.03. The van der Waals surface area contributed by atoms with Gasteiger partial charge in [0.2, 0.25) is 0 Å². The summed E-state index contributed by atoms with van der Waals surface area (Å²) in [6, 6.07) is 12.3. The first-order chi connectivity index (χ1) is 10.2. The van der Waals surface area contributed by atoms with Crippen LogP contribution in [0.2, 0.25) is 0 Å². The van der Waals surface area contributed by atoms with Gasteiger partial charge in [-0.05, 0) is 42.0 Å². The maximum atomic E-state index is 5.97. The molecule has 0 unspecified atom stereocenters. The van der Waals surface area contributed by atoms with Gasteiger partial charge in [-0.15, -0.1) is 11.3 Å². The van der Waals surface area contributed by atoms with Crippen LogP contribution >= 0.6 is 27.3 Å². The fourth-order valence-corrected chi connectivity index (χ4v) is 3.49. The molecule has 0 atom stereocenters. The predicted octanol–water partition coefficient (Wildman–Crippen LogP) is 4.92. The molecule has 0 aliphatic carbocycles. The minimum atomic E-state index is 0.458. The highest BCUT2D eigenvalue weighted by Gasteiger charge is 2.15. The van der Waals surface area contributed by atoms with Crippen molar-refractivity contribution in [1.29, 1.82) is 0 Å². The molecule has 0 radical (unpaired) electrons. The number of anilines is 1. The number of benzene rings is 1. The number of aryl methyl sites for hydroxylation is 2. The summed E-state index contributed by atoms with van der Waals surface area (Å²) in [5.74, 6) is 1.32. The Morgan fingerprint density at radius 3 is 2.86 bits per heavy atom. The zero-order chi connectivity index (χ0) is 14.7. The second-order valence-corrected chi connectivity index (χ2v) is 6.76. The van der Waals surface area contributed by atoms with Crippen LogP contribution in [0.15, 0.2) is 50.8 Å². The summed E-state index contributed by atoms with van der Waals surface area (Å²) in [7, 11) is 0. The highest BCUT2D eigenvalue weighted by atomic mass is 79.9. The van der Waals surface area contributed by atoms with Crippen LogP contribution in [0.3, 0.4) is 0 Å². The quantitative estimate of drug-likeness (QED) is 0.700. The topological polar surface area (TPSA) is 52.0 Å². The standard InChI is InChI=1S/C16H15BrN2OS/c17-12-5-1-4-11(10-12)15-14(20-19-16(15)18)8-2-6-13-7-3-9-21-13/h1,3-5,7,9-10H,2,6,8H2,(H2,18,19). The van der Waals surface area contributed by atoms with Gasteiger partial charge < -0.3 is 10.3 Å². The van der Waals surface area contributed by atoms with Gasteiger partial charge in [0.05, 0.1) is 5.56 Å². The number of rotatable bonds is 5. The Kier molecular flexibility index (Phi) is 4.41. The number of hydrogen-bond acceptors (Lipinski definition) is 4. The molecular weight excluding hydrogens is 348 g/mol. The SMILES string of the molecule is Nc1noc(CCCc2cccs2)c1-c1cccc(Br)c1. The molecule has 0 saturated carbocycles. The monoisotopic (exact) mass is 362 g/mol. The van der Waals surface area contributed by atoms with Crippen LogP contribution in [0.4, 0.5) is 5.82 Å². The maximum absolute atomic E-state index is 5.97. The van der Waals surface area contributed by atoms with Crippen LogP contribution < -0.4 is 5.73 Å². The molecule has 1 aromatic carbocycles. The number of nitrogen functional groups attached to an aromatic ring is 1. The molecule has 0 bridgehead atoms. The number of thiophene rings is 1. The molecule has 3 aromatic rings. The first kappa shape index (κ1) is 14.4. The van der Waals surface area contributed by atoms with Gasteiger partial charge in [-0.3, -0.25) is 0 Å². The fourth-order valence-electron chi connectivity index (χ4n) is 2.34. The first-order valence-electron chi connectivity index (χ1n) is 6.76. The molecule has 2 N–H and O–H groups in total. The predicted molar refractivity (Wildman–Crippen MR) is 90.4 cm³/mol. The van der Waals surface area contributed by atoms with Gasteiger partial charge in [0, 0.05) is 15.8 Å². The second kappa shape index (κ2) is 6.45. The van der Waals surface area contributed by atoms with E-state index in [0.29, 0.717) is 5.82 Å². The third-order valence-electron chi connectivity index (χ3n) is 3.31. The maximum Gasteiger partial charge on any atom is 0.175 e. The van der Waals surface area contributed by atoms with E-state index in [9.17, 15) is 0 Å². The summed E-state index contributed by atoms with van der Waals surface area (Å²) >= 11 is 5.27. The van der Waals surface area contributed by atoms with Crippen molar-refractivity contribution in [3.05, 3.63) is 56.9 Å². The number of halogens is 1. The Morgan fingerprint density at radius 1 is 1.19 bits per heavy atom. The van der Waals surface area contributed by atoms with Crippen molar-refractivity contribution < 1.29 is 4.52 Å². The average molecular weight is 363 g/mol. The van der Waals surface area contributed by atoms with Crippen LogP contribution in [0.5, 0.6) is 0 Å². The van der Waals surface area contributed by atoms with Crippen molar-refractivity contribution in [3.63, 3.8) is 0 Å². The van der Waals surface area contributed by atoms with E-state index in [2.05, 4.69) is 38.6 Å². The third kappa shape index (κ3) is 3.36. The molecule has 0 amide bonds. The summed E-state index contributed by atoms with van der Waals surface area (Å²) in [6.07, 6.45) is 2.91. The molecular formula is C16H15BrN2OS. The molecule has 108 valence electrons. The summed E-state index contributed by atoms with van der Waals surface area (Å²) in [4.78, 5) is 1.39. The molecule has 21 heavy (non-hydrogen) atoms. The number of nitrogens with zero attached hydrogens (tertiary/aromatic N) is 1.